The third kappa shape index (κ3) is 4.37. The zero-order valence-electron chi connectivity index (χ0n) is 15.9. The molecule has 1 aliphatic rings. The predicted molar refractivity (Wildman–Crippen MR) is 107 cm³/mol. The van der Waals surface area contributed by atoms with Crippen LogP contribution in [0.2, 0.25) is 0 Å². The van der Waals surface area contributed by atoms with Gasteiger partial charge in [0.05, 0.1) is 0 Å². The summed E-state index contributed by atoms with van der Waals surface area (Å²) in [7, 11) is 0. The number of hydrogen-bond donors (Lipinski definition) is 1. The van der Waals surface area contributed by atoms with Crippen molar-refractivity contribution in [3.05, 3.63) is 53.6 Å². The Morgan fingerprint density at radius 2 is 1.81 bits per heavy atom. The highest BCUT2D eigenvalue weighted by Gasteiger charge is 2.19. The molecule has 0 aliphatic carbocycles. The molecule has 1 saturated heterocycles. The van der Waals surface area contributed by atoms with Crippen LogP contribution in [-0.4, -0.2) is 25.1 Å². The summed E-state index contributed by atoms with van der Waals surface area (Å²) in [6, 6.07) is 14.1. The highest BCUT2D eigenvalue weighted by atomic mass is 16.5. The van der Waals surface area contributed by atoms with Gasteiger partial charge in [0.25, 0.3) is 5.91 Å². The lowest BCUT2D eigenvalue weighted by molar-refractivity contribution is -0.122. The Morgan fingerprint density at radius 3 is 2.42 bits per heavy atom. The maximum atomic E-state index is 12.6. The van der Waals surface area contributed by atoms with Crippen molar-refractivity contribution >= 4 is 17.3 Å². The molecule has 0 bridgehead atoms. The van der Waals surface area contributed by atoms with E-state index in [1.807, 2.05) is 45.0 Å². The van der Waals surface area contributed by atoms with E-state index in [4.69, 9.17) is 4.74 Å². The highest BCUT2D eigenvalue weighted by Crippen LogP contribution is 2.23. The van der Waals surface area contributed by atoms with Gasteiger partial charge in [0.1, 0.15) is 5.75 Å². The molecular formula is C22H28N2O2. The first kappa shape index (κ1) is 18.3. The Kier molecular flexibility index (Phi) is 5.82. The Balaban J connectivity index is 1.63. The van der Waals surface area contributed by atoms with Crippen molar-refractivity contribution in [2.24, 2.45) is 0 Å². The van der Waals surface area contributed by atoms with Gasteiger partial charge < -0.3 is 15.0 Å². The molecule has 1 atom stereocenters. The van der Waals surface area contributed by atoms with Crippen molar-refractivity contribution in [3.63, 3.8) is 0 Å². The lowest BCUT2D eigenvalue weighted by Crippen LogP contribution is -2.32. The van der Waals surface area contributed by atoms with Crippen molar-refractivity contribution in [2.45, 2.75) is 46.1 Å². The summed E-state index contributed by atoms with van der Waals surface area (Å²) in [5.74, 6) is 0.656. The van der Waals surface area contributed by atoms with Crippen LogP contribution in [0.3, 0.4) is 0 Å². The molecule has 0 saturated carbocycles. The number of carbonyl (C=O) groups excluding carboxylic acids is 1. The molecule has 3 rings (SSSR count). The first-order valence-electron chi connectivity index (χ1n) is 9.46. The molecule has 2 aromatic carbocycles. The highest BCUT2D eigenvalue weighted by molar-refractivity contribution is 5.94. The topological polar surface area (TPSA) is 41.6 Å². The van der Waals surface area contributed by atoms with Crippen molar-refractivity contribution in [3.8, 4) is 5.75 Å². The second-order valence-electron chi connectivity index (χ2n) is 7.01. The largest absolute Gasteiger partial charge is 0.480 e. The second-order valence-corrected chi connectivity index (χ2v) is 7.01. The van der Waals surface area contributed by atoms with Crippen molar-refractivity contribution in [1.29, 1.82) is 0 Å². The van der Waals surface area contributed by atoms with E-state index in [0.29, 0.717) is 6.42 Å². The van der Waals surface area contributed by atoms with Crippen molar-refractivity contribution < 1.29 is 9.53 Å². The Morgan fingerprint density at radius 1 is 1.12 bits per heavy atom. The number of nitrogens with zero attached hydrogens (tertiary/aromatic N) is 1. The van der Waals surface area contributed by atoms with Gasteiger partial charge in [-0.2, -0.15) is 0 Å². The van der Waals surface area contributed by atoms with Crippen LogP contribution in [0.25, 0.3) is 0 Å². The first-order chi connectivity index (χ1) is 12.6. The number of ether oxygens (including phenoxy) is 1. The molecule has 4 heteroatoms. The SMILES string of the molecule is CC[C@H](Oc1ccc(C)cc1C)C(=O)Nc1ccc(N2CCCC2)cc1. The number of benzene rings is 2. The van der Waals surface area contributed by atoms with Crippen LogP contribution in [-0.2, 0) is 4.79 Å². The van der Waals surface area contributed by atoms with Gasteiger partial charge in [0.15, 0.2) is 6.10 Å². The van der Waals surface area contributed by atoms with E-state index in [1.54, 1.807) is 0 Å². The number of anilines is 2. The van der Waals surface area contributed by atoms with Crippen LogP contribution in [0, 0.1) is 13.8 Å². The number of aryl methyl sites for hydroxylation is 2. The minimum absolute atomic E-state index is 0.110. The summed E-state index contributed by atoms with van der Waals surface area (Å²) in [4.78, 5) is 15.0. The van der Waals surface area contributed by atoms with Crippen LogP contribution >= 0.6 is 0 Å². The molecule has 1 amide bonds. The van der Waals surface area contributed by atoms with Crippen LogP contribution in [0.1, 0.15) is 37.3 Å². The summed E-state index contributed by atoms with van der Waals surface area (Å²) < 4.78 is 5.97. The fourth-order valence-electron chi connectivity index (χ4n) is 3.36. The smallest absolute Gasteiger partial charge is 0.265 e. The van der Waals surface area contributed by atoms with E-state index >= 15 is 0 Å². The molecule has 1 fully saturated rings. The summed E-state index contributed by atoms with van der Waals surface area (Å²) in [5.41, 5.74) is 4.26. The lowest BCUT2D eigenvalue weighted by atomic mass is 10.1. The van der Waals surface area contributed by atoms with Gasteiger partial charge >= 0.3 is 0 Å². The molecule has 26 heavy (non-hydrogen) atoms. The zero-order valence-corrected chi connectivity index (χ0v) is 15.9. The maximum absolute atomic E-state index is 12.6. The van der Waals surface area contributed by atoms with E-state index in [1.165, 1.54) is 24.1 Å². The van der Waals surface area contributed by atoms with Gasteiger partial charge in [-0.15, -0.1) is 0 Å². The third-order valence-corrected chi connectivity index (χ3v) is 4.87. The standard InChI is InChI=1S/C22H28N2O2/c1-4-20(26-21-12-7-16(2)15-17(21)3)22(25)23-18-8-10-19(11-9-18)24-13-5-6-14-24/h7-12,15,20H,4-6,13-14H2,1-3H3,(H,23,25)/t20-/m0/s1. The number of rotatable bonds is 6. The third-order valence-electron chi connectivity index (χ3n) is 4.87. The number of carbonyl (C=O) groups is 1. The first-order valence-corrected chi connectivity index (χ1v) is 9.46. The Hall–Kier alpha value is -2.49. The molecule has 1 aliphatic heterocycles. The average Bonchev–Trinajstić information content (AvgIpc) is 3.16. The molecule has 1 heterocycles. The van der Waals surface area contributed by atoms with Gasteiger partial charge in [0.2, 0.25) is 0 Å². The maximum Gasteiger partial charge on any atom is 0.265 e. The molecule has 0 unspecified atom stereocenters. The summed E-state index contributed by atoms with van der Waals surface area (Å²) in [5, 5.41) is 2.98. The molecule has 0 aromatic heterocycles. The number of nitrogens with one attached hydrogen (secondary N) is 1. The Labute approximate surface area is 156 Å². The monoisotopic (exact) mass is 352 g/mol. The zero-order chi connectivity index (χ0) is 18.5. The lowest BCUT2D eigenvalue weighted by Gasteiger charge is -2.20. The molecule has 0 radical (unpaired) electrons. The van der Waals surface area contributed by atoms with E-state index < -0.39 is 6.10 Å². The van der Waals surface area contributed by atoms with Crippen molar-refractivity contribution in [1.82, 2.24) is 0 Å². The van der Waals surface area contributed by atoms with Gasteiger partial charge in [-0.3, -0.25) is 4.79 Å². The normalized spacial score (nSPS) is 15.0. The fraction of sp³-hybridized carbons (Fsp3) is 0.409. The van der Waals surface area contributed by atoms with Gasteiger partial charge in [0, 0.05) is 24.5 Å². The van der Waals surface area contributed by atoms with E-state index in [2.05, 4.69) is 28.4 Å². The van der Waals surface area contributed by atoms with Gasteiger partial charge in [-0.1, -0.05) is 24.6 Å². The molecular weight excluding hydrogens is 324 g/mol. The Bertz CT molecular complexity index is 749. The minimum Gasteiger partial charge on any atom is -0.480 e. The quantitative estimate of drug-likeness (QED) is 0.819. The molecule has 0 spiro atoms. The van der Waals surface area contributed by atoms with Crippen LogP contribution in [0.4, 0.5) is 11.4 Å². The van der Waals surface area contributed by atoms with Gasteiger partial charge in [-0.05, 0) is 69.0 Å². The summed E-state index contributed by atoms with van der Waals surface area (Å²) in [6.45, 7) is 8.25. The second kappa shape index (κ2) is 8.26. The van der Waals surface area contributed by atoms with E-state index in [9.17, 15) is 4.79 Å². The average molecular weight is 352 g/mol. The number of amides is 1. The van der Waals surface area contributed by atoms with E-state index in [0.717, 1.165) is 30.1 Å². The summed E-state index contributed by atoms with van der Waals surface area (Å²) in [6.07, 6.45) is 2.62. The minimum atomic E-state index is -0.505. The van der Waals surface area contributed by atoms with Crippen LogP contribution in [0.5, 0.6) is 5.75 Å². The van der Waals surface area contributed by atoms with Crippen molar-refractivity contribution in [2.75, 3.05) is 23.3 Å². The molecule has 4 nitrogen and oxygen atoms in total. The molecule has 1 N–H and O–H groups in total. The fourth-order valence-corrected chi connectivity index (χ4v) is 3.36. The molecule has 2 aromatic rings. The predicted octanol–water partition coefficient (Wildman–Crippen LogP) is 4.70. The van der Waals surface area contributed by atoms with Crippen LogP contribution in [0.15, 0.2) is 42.5 Å². The van der Waals surface area contributed by atoms with Crippen LogP contribution < -0.4 is 15.0 Å². The molecule has 138 valence electrons. The van der Waals surface area contributed by atoms with E-state index in [-0.39, 0.29) is 5.91 Å². The summed E-state index contributed by atoms with van der Waals surface area (Å²) >= 11 is 0. The van der Waals surface area contributed by atoms with Gasteiger partial charge in [-0.25, -0.2) is 0 Å². The number of hydrogen-bond acceptors (Lipinski definition) is 3.